The molecule has 4 nitrogen and oxygen atoms in total. The van der Waals surface area contributed by atoms with Gasteiger partial charge in [-0.2, -0.15) is 0 Å². The number of aromatic nitrogens is 2. The molecule has 0 saturated heterocycles. The SMILES string of the molecule is CC.COC(=O)c1ccc(-c2cnccn2)cc1F. The van der Waals surface area contributed by atoms with Gasteiger partial charge in [-0.1, -0.05) is 19.9 Å². The number of nitrogens with zero attached hydrogens (tertiary/aromatic N) is 2. The van der Waals surface area contributed by atoms with Crippen molar-refractivity contribution in [3.63, 3.8) is 0 Å². The second-order valence-corrected chi connectivity index (χ2v) is 3.28. The van der Waals surface area contributed by atoms with Gasteiger partial charge in [0.05, 0.1) is 24.6 Å². The molecule has 0 amide bonds. The summed E-state index contributed by atoms with van der Waals surface area (Å²) in [4.78, 5) is 19.1. The van der Waals surface area contributed by atoms with Crippen LogP contribution in [0.25, 0.3) is 11.3 Å². The van der Waals surface area contributed by atoms with Crippen LogP contribution in [0.4, 0.5) is 4.39 Å². The van der Waals surface area contributed by atoms with Crippen LogP contribution in [-0.2, 0) is 4.74 Å². The molecule has 0 spiro atoms. The first-order chi connectivity index (χ1) is 9.22. The minimum atomic E-state index is -0.701. The molecule has 1 heterocycles. The Morgan fingerprint density at radius 3 is 2.53 bits per heavy atom. The van der Waals surface area contributed by atoms with Crippen LogP contribution in [0.5, 0.6) is 0 Å². The fourth-order valence-electron chi connectivity index (χ4n) is 1.40. The third kappa shape index (κ3) is 3.58. The lowest BCUT2D eigenvalue weighted by molar-refractivity contribution is 0.0595. The highest BCUT2D eigenvalue weighted by molar-refractivity contribution is 5.90. The van der Waals surface area contributed by atoms with E-state index in [1.807, 2.05) is 13.8 Å². The minimum Gasteiger partial charge on any atom is -0.465 e. The smallest absolute Gasteiger partial charge is 0.340 e. The van der Waals surface area contributed by atoms with Gasteiger partial charge in [-0.05, 0) is 12.1 Å². The first-order valence-corrected chi connectivity index (χ1v) is 5.86. The maximum Gasteiger partial charge on any atom is 0.340 e. The van der Waals surface area contributed by atoms with Gasteiger partial charge < -0.3 is 4.74 Å². The van der Waals surface area contributed by atoms with Crippen LogP contribution >= 0.6 is 0 Å². The average Bonchev–Trinajstić information content (AvgIpc) is 2.49. The molecule has 1 aromatic carbocycles. The summed E-state index contributed by atoms with van der Waals surface area (Å²) in [5.74, 6) is -1.34. The molecule has 0 radical (unpaired) electrons. The van der Waals surface area contributed by atoms with Gasteiger partial charge in [0.1, 0.15) is 5.82 Å². The molecule has 5 heteroatoms. The molecule has 0 bridgehead atoms. The average molecular weight is 262 g/mol. The third-order valence-corrected chi connectivity index (χ3v) is 2.23. The molecule has 0 N–H and O–H groups in total. The number of ether oxygens (including phenoxy) is 1. The van der Waals surface area contributed by atoms with Crippen LogP contribution in [0.1, 0.15) is 24.2 Å². The zero-order valence-electron chi connectivity index (χ0n) is 11.1. The number of esters is 1. The highest BCUT2D eigenvalue weighted by Crippen LogP contribution is 2.19. The predicted molar refractivity (Wildman–Crippen MR) is 70.1 cm³/mol. The molecule has 2 rings (SSSR count). The number of rotatable bonds is 2. The molecule has 0 aliphatic carbocycles. The maximum absolute atomic E-state index is 13.6. The highest BCUT2D eigenvalue weighted by atomic mass is 19.1. The molecule has 1 aromatic heterocycles. The summed E-state index contributed by atoms with van der Waals surface area (Å²) in [7, 11) is 1.21. The van der Waals surface area contributed by atoms with E-state index < -0.39 is 11.8 Å². The Morgan fingerprint density at radius 2 is 2.00 bits per heavy atom. The van der Waals surface area contributed by atoms with Gasteiger partial charge in [0.2, 0.25) is 0 Å². The largest absolute Gasteiger partial charge is 0.465 e. The normalized spacial score (nSPS) is 9.26. The standard InChI is InChI=1S/C12H9FN2O2.C2H6/c1-17-12(16)9-3-2-8(6-10(9)13)11-7-14-4-5-15-11;1-2/h2-7H,1H3;1-2H3. The van der Waals surface area contributed by atoms with E-state index in [2.05, 4.69) is 14.7 Å². The van der Waals surface area contributed by atoms with E-state index in [-0.39, 0.29) is 5.56 Å². The Labute approximate surface area is 111 Å². The molecular weight excluding hydrogens is 247 g/mol. The second kappa shape index (κ2) is 7.20. The molecule has 0 fully saturated rings. The van der Waals surface area contributed by atoms with Crippen LogP contribution in [0.15, 0.2) is 36.8 Å². The fourth-order valence-corrected chi connectivity index (χ4v) is 1.40. The lowest BCUT2D eigenvalue weighted by Crippen LogP contribution is -2.04. The molecule has 0 saturated carbocycles. The van der Waals surface area contributed by atoms with E-state index in [9.17, 15) is 9.18 Å². The summed E-state index contributed by atoms with van der Waals surface area (Å²) in [6.45, 7) is 4.00. The van der Waals surface area contributed by atoms with Crippen molar-refractivity contribution in [1.82, 2.24) is 9.97 Å². The molecule has 100 valence electrons. The van der Waals surface area contributed by atoms with Crippen molar-refractivity contribution in [3.05, 3.63) is 48.2 Å². The van der Waals surface area contributed by atoms with Crippen molar-refractivity contribution in [1.29, 1.82) is 0 Å². The number of methoxy groups -OCH3 is 1. The molecule has 0 aliphatic heterocycles. The summed E-state index contributed by atoms with van der Waals surface area (Å²) in [5, 5.41) is 0. The first-order valence-electron chi connectivity index (χ1n) is 5.86. The number of carbonyl (C=O) groups excluding carboxylic acids is 1. The van der Waals surface area contributed by atoms with Gasteiger partial charge in [-0.25, -0.2) is 9.18 Å². The van der Waals surface area contributed by atoms with E-state index in [1.54, 1.807) is 6.07 Å². The number of carbonyl (C=O) groups is 1. The van der Waals surface area contributed by atoms with Crippen LogP contribution in [0.2, 0.25) is 0 Å². The Bertz CT molecular complexity index is 544. The Balaban J connectivity index is 0.000000861. The van der Waals surface area contributed by atoms with Crippen molar-refractivity contribution in [2.45, 2.75) is 13.8 Å². The summed E-state index contributed by atoms with van der Waals surface area (Å²) in [6, 6.07) is 4.20. The topological polar surface area (TPSA) is 52.1 Å². The monoisotopic (exact) mass is 262 g/mol. The van der Waals surface area contributed by atoms with Gasteiger partial charge in [-0.3, -0.25) is 9.97 Å². The minimum absolute atomic E-state index is 0.0971. The number of hydrogen-bond acceptors (Lipinski definition) is 4. The van der Waals surface area contributed by atoms with E-state index in [4.69, 9.17) is 0 Å². The summed E-state index contributed by atoms with van der Waals surface area (Å²) in [6.07, 6.45) is 4.57. The van der Waals surface area contributed by atoms with Gasteiger partial charge in [0, 0.05) is 18.0 Å². The van der Waals surface area contributed by atoms with Gasteiger partial charge >= 0.3 is 5.97 Å². The first kappa shape index (κ1) is 14.8. The lowest BCUT2D eigenvalue weighted by Gasteiger charge is -2.03. The highest BCUT2D eigenvalue weighted by Gasteiger charge is 2.13. The van der Waals surface area contributed by atoms with Crippen molar-refractivity contribution in [2.24, 2.45) is 0 Å². The quantitative estimate of drug-likeness (QED) is 0.780. The van der Waals surface area contributed by atoms with Crippen molar-refractivity contribution >= 4 is 5.97 Å². The maximum atomic E-state index is 13.6. The lowest BCUT2D eigenvalue weighted by atomic mass is 10.1. The zero-order valence-corrected chi connectivity index (χ0v) is 11.1. The second-order valence-electron chi connectivity index (χ2n) is 3.28. The molecular formula is C14H15FN2O2. The molecule has 19 heavy (non-hydrogen) atoms. The Morgan fingerprint density at radius 1 is 1.26 bits per heavy atom. The molecule has 0 aliphatic rings. The van der Waals surface area contributed by atoms with Gasteiger partial charge in [0.25, 0.3) is 0 Å². The van der Waals surface area contributed by atoms with Crippen LogP contribution in [0.3, 0.4) is 0 Å². The fraction of sp³-hybridized carbons (Fsp3) is 0.214. The van der Waals surface area contributed by atoms with E-state index in [0.717, 1.165) is 0 Å². The van der Waals surface area contributed by atoms with Gasteiger partial charge in [0.15, 0.2) is 0 Å². The van der Waals surface area contributed by atoms with E-state index >= 15 is 0 Å². The number of halogens is 1. The van der Waals surface area contributed by atoms with Crippen molar-refractivity contribution in [3.8, 4) is 11.3 Å². The summed E-state index contributed by atoms with van der Waals surface area (Å²) >= 11 is 0. The van der Waals surface area contributed by atoms with Gasteiger partial charge in [-0.15, -0.1) is 0 Å². The molecule has 0 unspecified atom stereocenters. The zero-order chi connectivity index (χ0) is 14.3. The van der Waals surface area contributed by atoms with E-state index in [0.29, 0.717) is 11.3 Å². The van der Waals surface area contributed by atoms with Crippen molar-refractivity contribution < 1.29 is 13.9 Å². The predicted octanol–water partition coefficient (Wildman–Crippen LogP) is 3.10. The summed E-state index contributed by atoms with van der Waals surface area (Å²) < 4.78 is 18.1. The molecule has 2 aromatic rings. The van der Waals surface area contributed by atoms with Crippen LogP contribution in [0, 0.1) is 5.82 Å². The van der Waals surface area contributed by atoms with Crippen LogP contribution in [-0.4, -0.2) is 23.0 Å². The Kier molecular flexibility index (Phi) is 5.60. The van der Waals surface area contributed by atoms with Crippen LogP contribution < -0.4 is 0 Å². The summed E-state index contributed by atoms with van der Waals surface area (Å²) in [5.41, 5.74) is 1.01. The number of hydrogen-bond donors (Lipinski definition) is 0. The van der Waals surface area contributed by atoms with Crippen molar-refractivity contribution in [2.75, 3.05) is 7.11 Å². The Hall–Kier alpha value is -2.30. The van der Waals surface area contributed by atoms with E-state index in [1.165, 1.54) is 37.8 Å². The third-order valence-electron chi connectivity index (χ3n) is 2.23. The molecule has 0 atom stereocenters. The number of benzene rings is 1.